The average Bonchev–Trinajstić information content (AvgIpc) is 2.07. The zero-order valence-corrected chi connectivity index (χ0v) is 6.91. The molecule has 1 rings (SSSR count). The van der Waals surface area contributed by atoms with Crippen molar-refractivity contribution in [3.63, 3.8) is 0 Å². The molecule has 11 heavy (non-hydrogen) atoms. The minimum atomic E-state index is 0.841. The lowest BCUT2D eigenvalue weighted by atomic mass is 10.2. The summed E-state index contributed by atoms with van der Waals surface area (Å²) in [6.07, 6.45) is 3.56. The number of nitrogens with zero attached hydrogens (tertiary/aromatic N) is 2. The molecular weight excluding hydrogens is 136 g/mol. The van der Waals surface area contributed by atoms with Gasteiger partial charge in [-0.05, 0) is 31.5 Å². The van der Waals surface area contributed by atoms with Crippen molar-refractivity contribution in [2.45, 2.75) is 13.8 Å². The largest absolute Gasteiger partial charge is 0.290 e. The highest BCUT2D eigenvalue weighted by Crippen LogP contribution is 1.98. The molecule has 0 bridgehead atoms. The van der Waals surface area contributed by atoms with Crippen molar-refractivity contribution in [2.24, 2.45) is 4.99 Å². The van der Waals surface area contributed by atoms with E-state index in [4.69, 9.17) is 0 Å². The molecule has 0 N–H and O–H groups in total. The van der Waals surface area contributed by atoms with Gasteiger partial charge in [-0.2, -0.15) is 0 Å². The van der Waals surface area contributed by atoms with Crippen molar-refractivity contribution >= 4 is 5.71 Å². The van der Waals surface area contributed by atoms with Gasteiger partial charge in [-0.1, -0.05) is 0 Å². The smallest absolute Gasteiger partial charge is 0.0390 e. The molecule has 1 aromatic rings. The molecule has 0 aromatic carbocycles. The Kier molecular flexibility index (Phi) is 2.78. The Hall–Kier alpha value is -1.18. The van der Waals surface area contributed by atoms with Gasteiger partial charge in [0.05, 0.1) is 0 Å². The first kappa shape index (κ1) is 7.92. The van der Waals surface area contributed by atoms with Crippen LogP contribution in [0.2, 0.25) is 0 Å². The van der Waals surface area contributed by atoms with Crippen LogP contribution in [0.25, 0.3) is 0 Å². The molecule has 2 heteroatoms. The molecule has 0 fully saturated rings. The van der Waals surface area contributed by atoms with Gasteiger partial charge in [-0.3, -0.25) is 9.98 Å². The number of hydrogen-bond acceptors (Lipinski definition) is 2. The van der Waals surface area contributed by atoms with E-state index in [2.05, 4.69) is 9.98 Å². The van der Waals surface area contributed by atoms with Crippen LogP contribution in [0.5, 0.6) is 0 Å². The Morgan fingerprint density at radius 3 is 2.64 bits per heavy atom. The van der Waals surface area contributed by atoms with Crippen molar-refractivity contribution in [3.8, 4) is 0 Å². The van der Waals surface area contributed by atoms with E-state index >= 15 is 0 Å². The van der Waals surface area contributed by atoms with Gasteiger partial charge in [0.25, 0.3) is 0 Å². The van der Waals surface area contributed by atoms with Crippen LogP contribution in [0.4, 0.5) is 0 Å². The summed E-state index contributed by atoms with van der Waals surface area (Å²) in [4.78, 5) is 8.22. The van der Waals surface area contributed by atoms with Crippen molar-refractivity contribution in [3.05, 3.63) is 30.1 Å². The van der Waals surface area contributed by atoms with Crippen molar-refractivity contribution in [1.29, 1.82) is 0 Å². The van der Waals surface area contributed by atoms with Gasteiger partial charge >= 0.3 is 0 Å². The summed E-state index contributed by atoms with van der Waals surface area (Å²) in [7, 11) is 0. The molecule has 0 radical (unpaired) electrons. The van der Waals surface area contributed by atoms with Crippen molar-refractivity contribution in [2.75, 3.05) is 6.54 Å². The summed E-state index contributed by atoms with van der Waals surface area (Å²) >= 11 is 0. The van der Waals surface area contributed by atoms with E-state index in [0.717, 1.165) is 17.8 Å². The van der Waals surface area contributed by atoms with Gasteiger partial charge in [0, 0.05) is 24.7 Å². The molecular formula is C9H12N2. The SMILES string of the molecule is CCN=C(C)c1ccncc1. The van der Waals surface area contributed by atoms with E-state index in [1.165, 1.54) is 0 Å². The maximum absolute atomic E-state index is 4.28. The summed E-state index contributed by atoms with van der Waals surface area (Å²) in [6.45, 7) is 4.89. The van der Waals surface area contributed by atoms with Crippen molar-refractivity contribution < 1.29 is 0 Å². The highest BCUT2D eigenvalue weighted by Gasteiger charge is 1.92. The molecule has 58 valence electrons. The first-order chi connectivity index (χ1) is 5.34. The number of pyridine rings is 1. The van der Waals surface area contributed by atoms with Gasteiger partial charge in [0.1, 0.15) is 0 Å². The molecule has 0 saturated heterocycles. The lowest BCUT2D eigenvalue weighted by Gasteiger charge is -1.97. The molecule has 0 spiro atoms. The first-order valence-electron chi connectivity index (χ1n) is 3.76. The van der Waals surface area contributed by atoms with Gasteiger partial charge in [0.2, 0.25) is 0 Å². The van der Waals surface area contributed by atoms with E-state index in [0.29, 0.717) is 0 Å². The van der Waals surface area contributed by atoms with Crippen LogP contribution in [0, 0.1) is 0 Å². The molecule has 2 nitrogen and oxygen atoms in total. The maximum atomic E-state index is 4.28. The van der Waals surface area contributed by atoms with Crippen molar-refractivity contribution in [1.82, 2.24) is 4.98 Å². The molecule has 1 heterocycles. The Morgan fingerprint density at radius 2 is 2.09 bits per heavy atom. The van der Waals surface area contributed by atoms with E-state index < -0.39 is 0 Å². The molecule has 0 amide bonds. The second-order valence-corrected chi connectivity index (χ2v) is 2.30. The second kappa shape index (κ2) is 3.86. The highest BCUT2D eigenvalue weighted by molar-refractivity contribution is 5.98. The Morgan fingerprint density at radius 1 is 1.45 bits per heavy atom. The fourth-order valence-corrected chi connectivity index (χ4v) is 0.922. The Bertz CT molecular complexity index is 239. The maximum Gasteiger partial charge on any atom is 0.0390 e. The molecule has 0 aliphatic heterocycles. The number of aliphatic imine (C=N–C) groups is 1. The van der Waals surface area contributed by atoms with Crippen LogP contribution in [-0.4, -0.2) is 17.2 Å². The summed E-state index contributed by atoms with van der Waals surface area (Å²) < 4.78 is 0. The number of aromatic nitrogens is 1. The zero-order valence-electron chi connectivity index (χ0n) is 6.91. The lowest BCUT2D eigenvalue weighted by molar-refractivity contribution is 1.12. The van der Waals surface area contributed by atoms with Gasteiger partial charge in [-0.25, -0.2) is 0 Å². The predicted octanol–water partition coefficient (Wildman–Crippen LogP) is 1.91. The van der Waals surface area contributed by atoms with Crippen LogP contribution >= 0.6 is 0 Å². The number of hydrogen-bond donors (Lipinski definition) is 0. The summed E-state index contributed by atoms with van der Waals surface area (Å²) in [5.74, 6) is 0. The molecule has 0 aliphatic carbocycles. The van der Waals surface area contributed by atoms with Crippen LogP contribution in [-0.2, 0) is 0 Å². The van der Waals surface area contributed by atoms with Gasteiger partial charge in [-0.15, -0.1) is 0 Å². The number of rotatable bonds is 2. The van der Waals surface area contributed by atoms with E-state index in [1.807, 2.05) is 26.0 Å². The molecule has 0 atom stereocenters. The molecule has 0 saturated carbocycles. The van der Waals surface area contributed by atoms with Crippen LogP contribution in [0.1, 0.15) is 19.4 Å². The first-order valence-corrected chi connectivity index (χ1v) is 3.76. The predicted molar refractivity (Wildman–Crippen MR) is 47.0 cm³/mol. The molecule has 0 aliphatic rings. The minimum Gasteiger partial charge on any atom is -0.290 e. The average molecular weight is 148 g/mol. The van der Waals surface area contributed by atoms with Gasteiger partial charge in [0.15, 0.2) is 0 Å². The Balaban J connectivity index is 2.85. The van der Waals surface area contributed by atoms with E-state index in [9.17, 15) is 0 Å². The fraction of sp³-hybridized carbons (Fsp3) is 0.333. The monoisotopic (exact) mass is 148 g/mol. The minimum absolute atomic E-state index is 0.841. The highest BCUT2D eigenvalue weighted by atomic mass is 14.7. The summed E-state index contributed by atoms with van der Waals surface area (Å²) in [5, 5.41) is 0. The quantitative estimate of drug-likeness (QED) is 0.588. The topological polar surface area (TPSA) is 25.2 Å². The van der Waals surface area contributed by atoms with Gasteiger partial charge < -0.3 is 0 Å². The van der Waals surface area contributed by atoms with Crippen LogP contribution in [0.15, 0.2) is 29.5 Å². The third-order valence-corrected chi connectivity index (χ3v) is 1.49. The molecule has 0 unspecified atom stereocenters. The third-order valence-electron chi connectivity index (χ3n) is 1.49. The summed E-state index contributed by atoms with van der Waals surface area (Å²) in [5.41, 5.74) is 2.23. The Labute approximate surface area is 67.0 Å². The van der Waals surface area contributed by atoms with Crippen LogP contribution in [0.3, 0.4) is 0 Å². The normalized spacial score (nSPS) is 11.6. The molecule has 1 aromatic heterocycles. The summed E-state index contributed by atoms with van der Waals surface area (Å²) in [6, 6.07) is 3.93. The zero-order chi connectivity index (χ0) is 8.10. The van der Waals surface area contributed by atoms with E-state index in [1.54, 1.807) is 12.4 Å². The lowest BCUT2D eigenvalue weighted by Crippen LogP contribution is -1.94. The standard InChI is InChI=1S/C9H12N2/c1-3-11-8(2)9-4-6-10-7-5-9/h4-7H,3H2,1-2H3. The fourth-order valence-electron chi connectivity index (χ4n) is 0.922. The van der Waals surface area contributed by atoms with Crippen LogP contribution < -0.4 is 0 Å². The third kappa shape index (κ3) is 2.15. The van der Waals surface area contributed by atoms with E-state index in [-0.39, 0.29) is 0 Å². The second-order valence-electron chi connectivity index (χ2n) is 2.30.